The molecule has 1 saturated carbocycles. The van der Waals surface area contributed by atoms with Crippen molar-refractivity contribution in [3.8, 4) is 0 Å². The minimum Gasteiger partial charge on any atom is -0.395 e. The van der Waals surface area contributed by atoms with E-state index >= 15 is 0 Å². The Kier molecular flexibility index (Phi) is 5.80. The van der Waals surface area contributed by atoms with E-state index in [1.807, 2.05) is 13.8 Å². The van der Waals surface area contributed by atoms with Gasteiger partial charge < -0.3 is 5.11 Å². The Morgan fingerprint density at radius 2 is 2.00 bits per heavy atom. The van der Waals surface area contributed by atoms with Gasteiger partial charge >= 0.3 is 6.18 Å². The maximum Gasteiger partial charge on any atom is 0.401 e. The minimum atomic E-state index is -4.30. The zero-order valence-corrected chi connectivity index (χ0v) is 11.4. The molecule has 19 heavy (non-hydrogen) atoms. The Morgan fingerprint density at radius 1 is 1.37 bits per heavy atom. The molecule has 0 aliphatic heterocycles. The van der Waals surface area contributed by atoms with Crippen LogP contribution in [0, 0.1) is 17.8 Å². The number of carbonyl (C=O) groups is 1. The van der Waals surface area contributed by atoms with Gasteiger partial charge in [0.2, 0.25) is 0 Å². The highest BCUT2D eigenvalue weighted by Gasteiger charge is 2.36. The number of alkyl halides is 3. The molecule has 0 heterocycles. The van der Waals surface area contributed by atoms with E-state index < -0.39 is 12.7 Å². The van der Waals surface area contributed by atoms with Gasteiger partial charge in [-0.25, -0.2) is 0 Å². The van der Waals surface area contributed by atoms with Crippen molar-refractivity contribution < 1.29 is 23.1 Å². The van der Waals surface area contributed by atoms with Crippen molar-refractivity contribution in [3.05, 3.63) is 0 Å². The fraction of sp³-hybridized carbons (Fsp3) is 0.923. The molecule has 0 bridgehead atoms. The van der Waals surface area contributed by atoms with E-state index in [0.29, 0.717) is 12.3 Å². The highest BCUT2D eigenvalue weighted by Crippen LogP contribution is 2.32. The van der Waals surface area contributed by atoms with Gasteiger partial charge in [-0.3, -0.25) is 9.69 Å². The van der Waals surface area contributed by atoms with Gasteiger partial charge in [0.05, 0.1) is 13.2 Å². The van der Waals surface area contributed by atoms with Gasteiger partial charge in [-0.2, -0.15) is 13.2 Å². The number of aliphatic hydroxyl groups is 1. The van der Waals surface area contributed by atoms with Gasteiger partial charge in [0.25, 0.3) is 0 Å². The minimum absolute atomic E-state index is 0.0500. The second-order valence-corrected chi connectivity index (χ2v) is 5.67. The van der Waals surface area contributed by atoms with Crippen LogP contribution in [0.5, 0.6) is 0 Å². The number of carbonyl (C=O) groups excluding carboxylic acids is 1. The van der Waals surface area contributed by atoms with Gasteiger partial charge in [-0.15, -0.1) is 0 Å². The molecule has 3 atom stereocenters. The van der Waals surface area contributed by atoms with E-state index in [4.69, 9.17) is 5.11 Å². The number of aliphatic hydroxyl groups excluding tert-OH is 1. The quantitative estimate of drug-likeness (QED) is 0.839. The van der Waals surface area contributed by atoms with E-state index in [2.05, 4.69) is 0 Å². The Hall–Kier alpha value is -0.620. The van der Waals surface area contributed by atoms with Crippen molar-refractivity contribution in [2.24, 2.45) is 17.8 Å². The molecule has 1 aliphatic carbocycles. The summed E-state index contributed by atoms with van der Waals surface area (Å²) in [5, 5.41) is 8.84. The summed E-state index contributed by atoms with van der Waals surface area (Å²) in [6.45, 7) is 2.55. The van der Waals surface area contributed by atoms with Crippen LogP contribution in [-0.2, 0) is 4.79 Å². The lowest BCUT2D eigenvalue weighted by molar-refractivity contribution is -0.151. The molecular weight excluding hydrogens is 259 g/mol. The largest absolute Gasteiger partial charge is 0.401 e. The summed E-state index contributed by atoms with van der Waals surface area (Å²) in [6, 6.07) is 0. The fourth-order valence-corrected chi connectivity index (χ4v) is 2.88. The topological polar surface area (TPSA) is 40.5 Å². The molecule has 112 valence electrons. The number of ketones is 1. The lowest BCUT2D eigenvalue weighted by Crippen LogP contribution is -2.44. The molecule has 3 nitrogen and oxygen atoms in total. The van der Waals surface area contributed by atoms with E-state index in [-0.39, 0.29) is 37.3 Å². The molecule has 1 aliphatic rings. The SMILES string of the molecule is CC1CC(=O)C(CN(CCO)CC(F)(F)F)C(C)C1. The summed E-state index contributed by atoms with van der Waals surface area (Å²) >= 11 is 0. The zero-order chi connectivity index (χ0) is 14.6. The number of hydrogen-bond donors (Lipinski definition) is 1. The Bertz CT molecular complexity index is 307. The lowest BCUT2D eigenvalue weighted by atomic mass is 9.74. The van der Waals surface area contributed by atoms with Crippen LogP contribution in [0.1, 0.15) is 26.7 Å². The molecule has 3 unspecified atom stereocenters. The Morgan fingerprint density at radius 3 is 2.47 bits per heavy atom. The van der Waals surface area contributed by atoms with E-state index in [1.165, 1.54) is 0 Å². The molecule has 6 heteroatoms. The molecular formula is C13H22F3NO2. The third-order valence-corrected chi connectivity index (χ3v) is 3.70. The van der Waals surface area contributed by atoms with E-state index in [0.717, 1.165) is 11.3 Å². The second-order valence-electron chi connectivity index (χ2n) is 5.67. The van der Waals surface area contributed by atoms with Gasteiger partial charge in [-0.05, 0) is 18.3 Å². The van der Waals surface area contributed by atoms with Crippen LogP contribution in [0.25, 0.3) is 0 Å². The highest BCUT2D eigenvalue weighted by molar-refractivity contribution is 5.82. The van der Waals surface area contributed by atoms with Crippen LogP contribution in [0.15, 0.2) is 0 Å². The zero-order valence-electron chi connectivity index (χ0n) is 11.4. The van der Waals surface area contributed by atoms with Crippen molar-refractivity contribution in [1.82, 2.24) is 4.90 Å². The lowest BCUT2D eigenvalue weighted by Gasteiger charge is -2.35. The smallest absolute Gasteiger partial charge is 0.395 e. The molecule has 0 radical (unpaired) electrons. The standard InChI is InChI=1S/C13H22F3NO2/c1-9-5-10(2)11(12(19)6-9)7-17(3-4-18)8-13(14,15)16/h9-11,18H,3-8H2,1-2H3. The molecule has 0 spiro atoms. The van der Waals surface area contributed by atoms with Gasteiger partial charge in [0.1, 0.15) is 5.78 Å². The Balaban J connectivity index is 2.64. The fourth-order valence-electron chi connectivity index (χ4n) is 2.88. The number of halogens is 3. The maximum absolute atomic E-state index is 12.4. The molecule has 1 fully saturated rings. The normalized spacial score (nSPS) is 29.0. The van der Waals surface area contributed by atoms with Crippen molar-refractivity contribution in [2.75, 3.05) is 26.2 Å². The molecule has 0 saturated heterocycles. The number of Topliss-reactive ketones (excluding diaryl/α,β-unsaturated/α-hetero) is 1. The van der Waals surface area contributed by atoms with Gasteiger partial charge in [0.15, 0.2) is 0 Å². The predicted molar refractivity (Wildman–Crippen MR) is 65.6 cm³/mol. The molecule has 0 aromatic rings. The van der Waals surface area contributed by atoms with Crippen molar-refractivity contribution >= 4 is 5.78 Å². The van der Waals surface area contributed by atoms with Crippen molar-refractivity contribution in [3.63, 3.8) is 0 Å². The predicted octanol–water partition coefficient (Wildman–Crippen LogP) is 2.09. The van der Waals surface area contributed by atoms with Crippen LogP contribution < -0.4 is 0 Å². The number of rotatable bonds is 5. The third-order valence-electron chi connectivity index (χ3n) is 3.70. The highest BCUT2D eigenvalue weighted by atomic mass is 19.4. The average Bonchev–Trinajstić information content (AvgIpc) is 2.21. The molecule has 0 amide bonds. The molecule has 0 aromatic carbocycles. The summed E-state index contributed by atoms with van der Waals surface area (Å²) in [7, 11) is 0. The van der Waals surface area contributed by atoms with Crippen LogP contribution in [0.3, 0.4) is 0 Å². The number of nitrogens with zero attached hydrogens (tertiary/aromatic N) is 1. The molecule has 0 aromatic heterocycles. The van der Waals surface area contributed by atoms with Crippen LogP contribution in [0.4, 0.5) is 13.2 Å². The van der Waals surface area contributed by atoms with E-state index in [1.54, 1.807) is 0 Å². The Labute approximate surface area is 111 Å². The summed E-state index contributed by atoms with van der Waals surface area (Å²) in [5.74, 6) is 0.125. The summed E-state index contributed by atoms with van der Waals surface area (Å²) in [5.41, 5.74) is 0. The monoisotopic (exact) mass is 281 g/mol. The number of hydrogen-bond acceptors (Lipinski definition) is 3. The van der Waals surface area contributed by atoms with Crippen LogP contribution >= 0.6 is 0 Å². The first-order chi connectivity index (χ1) is 8.73. The van der Waals surface area contributed by atoms with Crippen LogP contribution in [0.2, 0.25) is 0 Å². The van der Waals surface area contributed by atoms with Crippen LogP contribution in [-0.4, -0.2) is 48.2 Å². The summed E-state index contributed by atoms with van der Waals surface area (Å²) in [4.78, 5) is 13.1. The second kappa shape index (κ2) is 6.70. The molecule has 1 N–H and O–H groups in total. The summed E-state index contributed by atoms with van der Waals surface area (Å²) < 4.78 is 37.3. The average molecular weight is 281 g/mol. The maximum atomic E-state index is 12.4. The first kappa shape index (κ1) is 16.4. The molecule has 1 rings (SSSR count). The first-order valence-corrected chi connectivity index (χ1v) is 6.65. The van der Waals surface area contributed by atoms with Gasteiger partial charge in [0, 0.05) is 25.4 Å². The van der Waals surface area contributed by atoms with Crippen molar-refractivity contribution in [1.29, 1.82) is 0 Å². The third kappa shape index (κ3) is 5.48. The van der Waals surface area contributed by atoms with E-state index in [9.17, 15) is 18.0 Å². The first-order valence-electron chi connectivity index (χ1n) is 6.65. The summed E-state index contributed by atoms with van der Waals surface area (Å²) in [6.07, 6.45) is -2.98. The van der Waals surface area contributed by atoms with Crippen molar-refractivity contribution in [2.45, 2.75) is 32.9 Å². The van der Waals surface area contributed by atoms with Gasteiger partial charge in [-0.1, -0.05) is 13.8 Å².